The summed E-state index contributed by atoms with van der Waals surface area (Å²) in [6, 6.07) is 9.14. The summed E-state index contributed by atoms with van der Waals surface area (Å²) in [7, 11) is 1.53. The lowest BCUT2D eigenvalue weighted by atomic mass is 9.93. The number of hydrogen-bond donors (Lipinski definition) is 2. The molecule has 0 saturated carbocycles. The highest BCUT2D eigenvalue weighted by molar-refractivity contribution is 6.15. The van der Waals surface area contributed by atoms with Crippen LogP contribution in [0.1, 0.15) is 154 Å². The van der Waals surface area contributed by atoms with Crippen LogP contribution >= 0.6 is 0 Å². The number of ketones is 1. The van der Waals surface area contributed by atoms with Crippen molar-refractivity contribution in [1.82, 2.24) is 4.57 Å². The molecule has 0 amide bonds. The van der Waals surface area contributed by atoms with E-state index in [1.807, 2.05) is 12.1 Å². The van der Waals surface area contributed by atoms with Crippen LogP contribution in [0.3, 0.4) is 0 Å². The van der Waals surface area contributed by atoms with Gasteiger partial charge in [0.1, 0.15) is 11.6 Å². The SMILES string of the molecule is CCCCCCCCCOF.Cc1c(F)ccc(F)c1-c1c(C(=O)O)cn(C)c1C(=O)c1ccc(CCCCCCCCCCCCO)cc1. The lowest BCUT2D eigenvalue weighted by Crippen LogP contribution is -2.10. The number of aromatic nitrogens is 1. The predicted octanol–water partition coefficient (Wildman–Crippen LogP) is 11.3. The highest BCUT2D eigenvalue weighted by atomic mass is 19.3. The van der Waals surface area contributed by atoms with Gasteiger partial charge in [-0.05, 0) is 60.4 Å². The van der Waals surface area contributed by atoms with Gasteiger partial charge in [-0.15, -0.1) is 0 Å². The van der Waals surface area contributed by atoms with E-state index in [2.05, 4.69) is 11.9 Å². The molecule has 9 heteroatoms. The van der Waals surface area contributed by atoms with E-state index in [4.69, 9.17) is 5.11 Å². The van der Waals surface area contributed by atoms with Crippen LogP contribution < -0.4 is 0 Å². The Morgan fingerprint density at radius 2 is 1.24 bits per heavy atom. The first-order valence-electron chi connectivity index (χ1n) is 18.5. The van der Waals surface area contributed by atoms with E-state index in [0.717, 1.165) is 62.6 Å². The van der Waals surface area contributed by atoms with Crippen molar-refractivity contribution in [2.75, 3.05) is 13.2 Å². The minimum absolute atomic E-state index is 0.00106. The molecule has 0 atom stereocenters. The van der Waals surface area contributed by atoms with Crippen LogP contribution in [0.15, 0.2) is 42.6 Å². The number of rotatable bonds is 24. The largest absolute Gasteiger partial charge is 0.478 e. The van der Waals surface area contributed by atoms with Crippen molar-refractivity contribution in [1.29, 1.82) is 0 Å². The first-order valence-corrected chi connectivity index (χ1v) is 18.5. The number of carbonyl (C=O) groups excluding carboxylic acids is 1. The number of nitrogens with zero attached hydrogens (tertiary/aromatic N) is 1. The standard InChI is InChI=1S/C32H39F2NO4.C9H19FO/c1-22-26(33)18-19-27(34)28(22)29-25(32(38)39)21-35(2)30(29)31(37)24-16-14-23(15-17-24)13-11-9-7-5-3-4-6-8-10-12-20-36;1-2-3-4-5-6-7-8-9-11-10/h14-19,21,36H,3-13,20H2,1-2H3,(H,38,39);2-9H2,1H3. The molecule has 50 heavy (non-hydrogen) atoms. The van der Waals surface area contributed by atoms with Crippen LogP contribution in [0, 0.1) is 18.6 Å². The van der Waals surface area contributed by atoms with Gasteiger partial charge in [-0.2, -0.15) is 4.94 Å². The molecule has 0 unspecified atom stereocenters. The summed E-state index contributed by atoms with van der Waals surface area (Å²) < 4.78 is 41.7. The van der Waals surface area contributed by atoms with Crippen LogP contribution in [0.2, 0.25) is 0 Å². The Labute approximate surface area is 297 Å². The summed E-state index contributed by atoms with van der Waals surface area (Å²) in [5, 5.41) is 18.6. The molecule has 0 radical (unpaired) electrons. The van der Waals surface area contributed by atoms with Gasteiger partial charge in [0.15, 0.2) is 0 Å². The monoisotopic (exact) mass is 701 g/mol. The molecular formula is C41H58F3NO5. The lowest BCUT2D eigenvalue weighted by molar-refractivity contribution is -0.133. The zero-order valence-electron chi connectivity index (χ0n) is 30.4. The summed E-state index contributed by atoms with van der Waals surface area (Å²) in [6.45, 7) is 4.14. The van der Waals surface area contributed by atoms with Gasteiger partial charge < -0.3 is 14.8 Å². The number of benzene rings is 2. The van der Waals surface area contributed by atoms with Crippen molar-refractivity contribution in [2.45, 2.75) is 129 Å². The molecule has 3 aromatic rings. The highest BCUT2D eigenvalue weighted by Crippen LogP contribution is 2.36. The van der Waals surface area contributed by atoms with Crippen LogP contribution in [0.4, 0.5) is 13.3 Å². The summed E-state index contributed by atoms with van der Waals surface area (Å²) in [4.78, 5) is 29.0. The number of carboxylic acids is 1. The average molecular weight is 702 g/mol. The molecule has 1 aromatic heterocycles. The fraction of sp³-hybridized carbons (Fsp3) is 0.561. The number of aryl methyl sites for hydroxylation is 2. The molecule has 0 bridgehead atoms. The molecule has 6 nitrogen and oxygen atoms in total. The molecule has 0 spiro atoms. The molecule has 0 aliphatic rings. The Kier molecular flexibility index (Phi) is 21.1. The van der Waals surface area contributed by atoms with Crippen LogP contribution in [-0.2, 0) is 18.4 Å². The quantitative estimate of drug-likeness (QED) is 0.0717. The number of hydrogen-bond acceptors (Lipinski definition) is 4. The Morgan fingerprint density at radius 3 is 1.78 bits per heavy atom. The maximum absolute atomic E-state index is 14.9. The maximum Gasteiger partial charge on any atom is 0.337 e. The van der Waals surface area contributed by atoms with Gasteiger partial charge in [0.25, 0.3) is 0 Å². The normalized spacial score (nSPS) is 11.0. The first-order chi connectivity index (χ1) is 24.2. The second kappa shape index (κ2) is 24.7. The number of aromatic carboxylic acids is 1. The van der Waals surface area contributed by atoms with Crippen molar-refractivity contribution < 1.29 is 38.1 Å². The fourth-order valence-electron chi connectivity index (χ4n) is 6.20. The molecule has 2 aromatic carbocycles. The van der Waals surface area contributed by atoms with E-state index < -0.39 is 23.4 Å². The van der Waals surface area contributed by atoms with E-state index in [1.165, 1.54) is 95.4 Å². The van der Waals surface area contributed by atoms with Crippen molar-refractivity contribution in [3.63, 3.8) is 0 Å². The minimum Gasteiger partial charge on any atom is -0.478 e. The van der Waals surface area contributed by atoms with E-state index in [0.29, 0.717) is 5.56 Å². The second-order valence-corrected chi connectivity index (χ2v) is 13.2. The summed E-state index contributed by atoms with van der Waals surface area (Å²) >= 11 is 0. The third-order valence-corrected chi connectivity index (χ3v) is 9.14. The lowest BCUT2D eigenvalue weighted by Gasteiger charge is -2.12. The minimum atomic E-state index is -1.32. The molecule has 0 saturated heterocycles. The number of aliphatic hydroxyl groups excluding tert-OH is 1. The second-order valence-electron chi connectivity index (χ2n) is 13.2. The topological polar surface area (TPSA) is 88.8 Å². The van der Waals surface area contributed by atoms with Gasteiger partial charge in [-0.3, -0.25) is 4.79 Å². The molecule has 0 aliphatic heterocycles. The van der Waals surface area contributed by atoms with Gasteiger partial charge in [-0.25, -0.2) is 13.6 Å². The Bertz CT molecular complexity index is 1410. The third kappa shape index (κ3) is 14.4. The van der Waals surface area contributed by atoms with E-state index >= 15 is 0 Å². The van der Waals surface area contributed by atoms with Gasteiger partial charge >= 0.3 is 5.97 Å². The molecular weight excluding hydrogens is 643 g/mol. The molecule has 1 heterocycles. The molecule has 2 N–H and O–H groups in total. The number of unbranched alkanes of at least 4 members (excludes halogenated alkanes) is 15. The number of halogens is 3. The van der Waals surface area contributed by atoms with Crippen LogP contribution in [0.25, 0.3) is 11.1 Å². The summed E-state index contributed by atoms with van der Waals surface area (Å²) in [5.41, 5.74) is 0.833. The van der Waals surface area contributed by atoms with E-state index in [-0.39, 0.29) is 41.2 Å². The molecule has 0 aliphatic carbocycles. The van der Waals surface area contributed by atoms with E-state index in [9.17, 15) is 28.0 Å². The fourth-order valence-corrected chi connectivity index (χ4v) is 6.20. The highest BCUT2D eigenvalue weighted by Gasteiger charge is 2.29. The van der Waals surface area contributed by atoms with Crippen molar-refractivity contribution in [3.05, 3.63) is 82.2 Å². The number of aliphatic hydroxyl groups is 1. The Balaban J connectivity index is 0.000000677. The van der Waals surface area contributed by atoms with Gasteiger partial charge in [-0.1, -0.05) is 121 Å². The zero-order valence-corrected chi connectivity index (χ0v) is 30.4. The Morgan fingerprint density at radius 1 is 0.720 bits per heavy atom. The average Bonchev–Trinajstić information content (AvgIpc) is 3.45. The molecule has 278 valence electrons. The van der Waals surface area contributed by atoms with Crippen molar-refractivity contribution in [3.8, 4) is 11.1 Å². The third-order valence-electron chi connectivity index (χ3n) is 9.14. The number of carbonyl (C=O) groups is 2. The maximum atomic E-state index is 14.9. The molecule has 0 fully saturated rings. The van der Waals surface area contributed by atoms with Gasteiger partial charge in [0.05, 0.1) is 17.9 Å². The zero-order chi connectivity index (χ0) is 36.7. The van der Waals surface area contributed by atoms with Gasteiger partial charge in [0.2, 0.25) is 5.78 Å². The Hall–Kier alpha value is -3.43. The predicted molar refractivity (Wildman–Crippen MR) is 194 cm³/mol. The van der Waals surface area contributed by atoms with Crippen molar-refractivity contribution in [2.24, 2.45) is 7.05 Å². The van der Waals surface area contributed by atoms with Crippen LogP contribution in [0.5, 0.6) is 0 Å². The van der Waals surface area contributed by atoms with Gasteiger partial charge in [0, 0.05) is 36.5 Å². The summed E-state index contributed by atoms with van der Waals surface area (Å²) in [6.07, 6.45) is 22.2. The van der Waals surface area contributed by atoms with E-state index in [1.54, 1.807) is 12.1 Å². The number of carboxylic acid groups (broad SMARTS) is 1. The smallest absolute Gasteiger partial charge is 0.337 e. The van der Waals surface area contributed by atoms with Crippen LogP contribution in [-0.4, -0.2) is 39.7 Å². The van der Waals surface area contributed by atoms with Crippen molar-refractivity contribution >= 4 is 11.8 Å². The molecule has 3 rings (SSSR count). The first kappa shape index (κ1) is 42.7. The summed E-state index contributed by atoms with van der Waals surface area (Å²) in [5.74, 6) is -3.24.